The normalized spacial score (nSPS) is 37.5. The molecule has 5 atom stereocenters. The van der Waals surface area contributed by atoms with Crippen LogP contribution in [0, 0.1) is 34.5 Å². The maximum absolute atomic E-state index is 13.6. The minimum Gasteiger partial charge on any atom is -0.412 e. The Morgan fingerprint density at radius 2 is 1.77 bits per heavy atom. The van der Waals surface area contributed by atoms with Crippen molar-refractivity contribution in [3.63, 3.8) is 0 Å². The smallest absolute Gasteiger partial charge is 0.152 e. The molecule has 1 saturated heterocycles. The standard InChI is InChI=1S/C30H49ClN2O2.CH4.3H2O/c1-20(2)26(17-33-10-9-25(28(3,4)19-33)23-5-7-24(31)8-6-23)32-16-27(34)29-12-21-11-22(13-29)15-30(35,14-21)18-29;;;;/h5,20-22,24-26,32,35H,6-19H2,1-4H3;1H4;3*1H2/t21?,22?,24?,25?,26-,29?,30?;;;;/m0..../s1. The van der Waals surface area contributed by atoms with E-state index in [0.717, 1.165) is 58.2 Å². The highest BCUT2D eigenvalue weighted by molar-refractivity contribution is 6.20. The van der Waals surface area contributed by atoms with Gasteiger partial charge in [-0.3, -0.25) is 4.79 Å². The lowest BCUT2D eigenvalue weighted by Crippen LogP contribution is -2.60. The minimum absolute atomic E-state index is 0. The van der Waals surface area contributed by atoms with Crippen LogP contribution in [0.3, 0.4) is 0 Å². The summed E-state index contributed by atoms with van der Waals surface area (Å²) in [6.07, 6.45) is 12.8. The van der Waals surface area contributed by atoms with Crippen molar-refractivity contribution in [3.8, 4) is 0 Å². The topological polar surface area (TPSA) is 147 Å². The van der Waals surface area contributed by atoms with E-state index in [9.17, 15) is 9.90 Å². The molecule has 4 saturated carbocycles. The van der Waals surface area contributed by atoms with Gasteiger partial charge in [-0.05, 0) is 99.8 Å². The van der Waals surface area contributed by atoms with Crippen molar-refractivity contribution in [3.05, 3.63) is 11.6 Å². The monoisotopic (exact) mass is 574 g/mol. The summed E-state index contributed by atoms with van der Waals surface area (Å²) in [7, 11) is 0. The van der Waals surface area contributed by atoms with Crippen LogP contribution in [0.5, 0.6) is 0 Å². The highest BCUT2D eigenvalue weighted by Crippen LogP contribution is 2.61. The third-order valence-corrected chi connectivity index (χ3v) is 10.9. The largest absolute Gasteiger partial charge is 0.412 e. The number of alkyl halides is 1. The van der Waals surface area contributed by atoms with E-state index >= 15 is 0 Å². The molecule has 0 radical (unpaired) electrons. The summed E-state index contributed by atoms with van der Waals surface area (Å²) in [4.78, 5) is 16.2. The first-order valence-electron chi connectivity index (χ1n) is 14.5. The van der Waals surface area contributed by atoms with E-state index in [1.807, 2.05) is 0 Å². The Morgan fingerprint density at radius 3 is 2.28 bits per heavy atom. The fourth-order valence-corrected chi connectivity index (χ4v) is 9.39. The van der Waals surface area contributed by atoms with E-state index in [1.165, 1.54) is 19.3 Å². The number of allylic oxidation sites excluding steroid dienone is 2. The Kier molecular flexibility index (Phi) is 12.7. The van der Waals surface area contributed by atoms with Crippen molar-refractivity contribution >= 4 is 17.4 Å². The molecule has 8 heteroatoms. The van der Waals surface area contributed by atoms with Crippen molar-refractivity contribution in [2.75, 3.05) is 26.2 Å². The second-order valence-corrected chi connectivity index (χ2v) is 15.0. The number of carbonyl (C=O) groups is 1. The quantitative estimate of drug-likeness (QED) is 0.335. The molecule has 4 unspecified atom stereocenters. The Labute approximate surface area is 242 Å². The number of carbonyl (C=O) groups excluding carboxylic acids is 1. The van der Waals surface area contributed by atoms with Crippen LogP contribution in [-0.2, 0) is 4.79 Å². The van der Waals surface area contributed by atoms with Crippen molar-refractivity contribution in [1.29, 1.82) is 0 Å². The number of halogens is 1. The number of nitrogens with one attached hydrogen (secondary N) is 1. The summed E-state index contributed by atoms with van der Waals surface area (Å²) in [6.45, 7) is 13.2. The third-order valence-electron chi connectivity index (χ3n) is 10.5. The van der Waals surface area contributed by atoms with E-state index in [4.69, 9.17) is 11.6 Å². The molecule has 0 aromatic rings. The van der Waals surface area contributed by atoms with Gasteiger partial charge in [-0.15, -0.1) is 11.6 Å². The Morgan fingerprint density at radius 1 is 1.13 bits per heavy atom. The summed E-state index contributed by atoms with van der Waals surface area (Å²) in [5, 5.41) is 15.1. The molecular formula is C31H59ClN2O5. The molecular weight excluding hydrogens is 516 g/mol. The first-order chi connectivity index (χ1) is 16.5. The zero-order valence-corrected chi connectivity index (χ0v) is 24.9. The minimum atomic E-state index is -0.564. The van der Waals surface area contributed by atoms with Gasteiger partial charge >= 0.3 is 0 Å². The molecule has 0 amide bonds. The maximum atomic E-state index is 13.6. The SMILES string of the molecule is C.CC(C)[C@H](CN1CCC(C2=CCC(Cl)CC2)C(C)(C)C1)NCC(=O)C12CC3CC(CC(O)(C3)C1)C2.O.O.O. The molecule has 39 heavy (non-hydrogen) atoms. The lowest BCUT2D eigenvalue weighted by Gasteiger charge is -2.59. The van der Waals surface area contributed by atoms with E-state index in [-0.39, 0.29) is 34.7 Å². The van der Waals surface area contributed by atoms with Crippen LogP contribution in [0.1, 0.15) is 99.3 Å². The number of hydrogen-bond donors (Lipinski definition) is 2. The number of hydrogen-bond acceptors (Lipinski definition) is 4. The van der Waals surface area contributed by atoms with E-state index in [1.54, 1.807) is 5.57 Å². The molecule has 5 aliphatic carbocycles. The third kappa shape index (κ3) is 7.65. The van der Waals surface area contributed by atoms with Gasteiger partial charge in [-0.2, -0.15) is 0 Å². The summed E-state index contributed by atoms with van der Waals surface area (Å²) >= 11 is 6.35. The van der Waals surface area contributed by atoms with Crippen LogP contribution in [0.25, 0.3) is 0 Å². The molecule has 1 heterocycles. The van der Waals surface area contributed by atoms with Gasteiger partial charge < -0.3 is 31.8 Å². The number of Topliss-reactive ketones (excluding diaryl/α,β-unsaturated/α-hetero) is 1. The van der Waals surface area contributed by atoms with Crippen molar-refractivity contribution in [2.24, 2.45) is 34.5 Å². The molecule has 8 N–H and O–H groups in total. The predicted molar refractivity (Wildman–Crippen MR) is 161 cm³/mol. The molecule has 0 aromatic heterocycles. The van der Waals surface area contributed by atoms with E-state index in [2.05, 4.69) is 44.0 Å². The second-order valence-electron chi connectivity index (χ2n) is 14.3. The number of nitrogens with zero attached hydrogens (tertiary/aromatic N) is 1. The summed E-state index contributed by atoms with van der Waals surface area (Å²) < 4.78 is 0. The van der Waals surface area contributed by atoms with E-state index < -0.39 is 5.60 Å². The predicted octanol–water partition coefficient (Wildman–Crippen LogP) is 3.73. The second kappa shape index (κ2) is 13.6. The zero-order chi connectivity index (χ0) is 25.0. The summed E-state index contributed by atoms with van der Waals surface area (Å²) in [5.74, 6) is 2.63. The first kappa shape index (κ1) is 36.5. The average molecular weight is 575 g/mol. The Hall–Kier alpha value is -0.540. The molecule has 1 aliphatic heterocycles. The highest BCUT2D eigenvalue weighted by Gasteiger charge is 2.59. The van der Waals surface area contributed by atoms with Gasteiger partial charge in [-0.25, -0.2) is 0 Å². The fourth-order valence-electron chi connectivity index (χ4n) is 9.19. The van der Waals surface area contributed by atoms with Crippen molar-refractivity contribution < 1.29 is 26.3 Å². The van der Waals surface area contributed by atoms with Gasteiger partial charge in [0.05, 0.1) is 12.1 Å². The number of ketones is 1. The molecule has 0 aromatic carbocycles. The molecule has 0 spiro atoms. The van der Waals surface area contributed by atoms with Crippen molar-refractivity contribution in [2.45, 2.75) is 116 Å². The van der Waals surface area contributed by atoms with Gasteiger partial charge in [-0.1, -0.05) is 46.8 Å². The molecule has 6 aliphatic rings. The lowest BCUT2D eigenvalue weighted by atomic mass is 9.47. The average Bonchev–Trinajstić information content (AvgIpc) is 2.75. The molecule has 4 bridgehead atoms. The first-order valence-corrected chi connectivity index (χ1v) is 15.0. The van der Waals surface area contributed by atoms with Crippen LogP contribution >= 0.6 is 11.6 Å². The highest BCUT2D eigenvalue weighted by atomic mass is 35.5. The lowest BCUT2D eigenvalue weighted by molar-refractivity contribution is -0.176. The summed E-state index contributed by atoms with van der Waals surface area (Å²) in [6, 6.07) is 0.314. The van der Waals surface area contributed by atoms with Gasteiger partial charge in [0.25, 0.3) is 0 Å². The van der Waals surface area contributed by atoms with E-state index in [0.29, 0.717) is 53.8 Å². The Bertz CT molecular complexity index is 833. The van der Waals surface area contributed by atoms with Gasteiger partial charge in [0.15, 0.2) is 5.78 Å². The molecule has 230 valence electrons. The van der Waals surface area contributed by atoms with Crippen LogP contribution in [0.15, 0.2) is 11.6 Å². The van der Waals surface area contributed by atoms with Crippen LogP contribution in [0.2, 0.25) is 0 Å². The zero-order valence-electron chi connectivity index (χ0n) is 24.1. The van der Waals surface area contributed by atoms with Crippen molar-refractivity contribution in [1.82, 2.24) is 10.2 Å². The number of aliphatic hydroxyl groups is 1. The maximum Gasteiger partial charge on any atom is 0.152 e. The number of piperidine rings is 1. The van der Waals surface area contributed by atoms with Crippen LogP contribution < -0.4 is 5.32 Å². The van der Waals surface area contributed by atoms with Crippen LogP contribution in [0.4, 0.5) is 0 Å². The molecule has 6 rings (SSSR count). The molecule has 7 nitrogen and oxygen atoms in total. The number of likely N-dealkylation sites (tertiary alicyclic amines) is 1. The van der Waals surface area contributed by atoms with Gasteiger partial charge in [0, 0.05) is 29.9 Å². The van der Waals surface area contributed by atoms with Crippen LogP contribution in [-0.4, -0.2) is 75.4 Å². The number of rotatable bonds is 8. The Balaban J connectivity index is 0.00000190. The van der Waals surface area contributed by atoms with Gasteiger partial charge in [0.2, 0.25) is 0 Å². The summed E-state index contributed by atoms with van der Waals surface area (Å²) in [5.41, 5.74) is 1.08. The fraction of sp³-hybridized carbons (Fsp3) is 0.903. The molecule has 5 fully saturated rings. The van der Waals surface area contributed by atoms with Gasteiger partial charge in [0.1, 0.15) is 0 Å².